The van der Waals surface area contributed by atoms with Gasteiger partial charge in [-0.25, -0.2) is 5.43 Å². The molecule has 2 N–H and O–H groups in total. The Hall–Kier alpha value is -5.04. The summed E-state index contributed by atoms with van der Waals surface area (Å²) in [6.45, 7) is 3.60. The molecule has 0 atom stereocenters. The number of aromatic nitrogens is 3. The van der Waals surface area contributed by atoms with Gasteiger partial charge < -0.3 is 9.72 Å². The number of carbonyl (C=O) groups excluding carboxylic acids is 1. The lowest BCUT2D eigenvalue weighted by molar-refractivity contribution is 0.0947. The third-order valence-corrected chi connectivity index (χ3v) is 6.11. The second-order valence-electron chi connectivity index (χ2n) is 8.65. The number of aryl methyl sites for hydroxylation is 1. The molecule has 1 amide bonds. The van der Waals surface area contributed by atoms with Gasteiger partial charge in [0.15, 0.2) is 5.69 Å². The number of ether oxygens (including phenoxy) is 1. The number of pyridine rings is 1. The van der Waals surface area contributed by atoms with Crippen LogP contribution < -0.4 is 21.3 Å². The van der Waals surface area contributed by atoms with Crippen molar-refractivity contribution in [2.75, 3.05) is 7.11 Å². The van der Waals surface area contributed by atoms with E-state index in [1.54, 1.807) is 30.3 Å². The van der Waals surface area contributed by atoms with Gasteiger partial charge in [0.05, 0.1) is 24.6 Å². The maximum absolute atomic E-state index is 12.9. The molecule has 0 radical (unpaired) electrons. The van der Waals surface area contributed by atoms with Crippen LogP contribution in [0.25, 0.3) is 16.6 Å². The van der Waals surface area contributed by atoms with Gasteiger partial charge in [-0.3, -0.25) is 14.4 Å². The summed E-state index contributed by atoms with van der Waals surface area (Å²) in [7, 11) is 1.51. The first-order chi connectivity index (χ1) is 18.4. The minimum atomic E-state index is -0.739. The molecular formula is C28H26N6O4. The summed E-state index contributed by atoms with van der Waals surface area (Å²) < 4.78 is 6.11. The second-order valence-corrected chi connectivity index (χ2v) is 8.65. The van der Waals surface area contributed by atoms with Crippen LogP contribution in [0.3, 0.4) is 0 Å². The fraction of sp³-hybridized carbons (Fsp3) is 0.214. The predicted octanol–water partition coefficient (Wildman–Crippen LogP) is 3.37. The van der Waals surface area contributed by atoms with E-state index < -0.39 is 11.5 Å². The number of nitrogens with zero attached hydrogens (tertiary/aromatic N) is 4. The number of rotatable bonds is 8. The maximum Gasteiger partial charge on any atom is 0.292 e. The topological polar surface area (TPSA) is 142 Å². The Morgan fingerprint density at radius 1 is 1.21 bits per heavy atom. The molecule has 0 bridgehead atoms. The van der Waals surface area contributed by atoms with Crippen LogP contribution >= 0.6 is 0 Å². The number of aromatic amines is 1. The van der Waals surface area contributed by atoms with Gasteiger partial charge in [0, 0.05) is 11.1 Å². The maximum atomic E-state index is 12.9. The molecule has 0 unspecified atom stereocenters. The quantitative estimate of drug-likeness (QED) is 0.275. The average Bonchev–Trinajstić information content (AvgIpc) is 2.92. The van der Waals surface area contributed by atoms with E-state index in [0.717, 1.165) is 29.3 Å². The first kappa shape index (κ1) is 26.0. The molecule has 4 aromatic rings. The van der Waals surface area contributed by atoms with Crippen molar-refractivity contribution in [3.8, 4) is 17.5 Å². The monoisotopic (exact) mass is 510 g/mol. The van der Waals surface area contributed by atoms with Gasteiger partial charge in [0.2, 0.25) is 0 Å². The highest BCUT2D eigenvalue weighted by Gasteiger charge is 2.20. The zero-order valence-corrected chi connectivity index (χ0v) is 21.2. The van der Waals surface area contributed by atoms with Crippen molar-refractivity contribution in [2.45, 2.75) is 33.1 Å². The minimum Gasteiger partial charge on any atom is -0.497 e. The van der Waals surface area contributed by atoms with E-state index in [1.807, 2.05) is 24.3 Å². The molecule has 0 aliphatic rings. The Balaban J connectivity index is 1.62. The lowest BCUT2D eigenvalue weighted by Gasteiger charge is -2.11. The number of H-pyrrole nitrogens is 1. The van der Waals surface area contributed by atoms with E-state index in [0.29, 0.717) is 17.0 Å². The lowest BCUT2D eigenvalue weighted by atomic mass is 10.0. The van der Waals surface area contributed by atoms with Gasteiger partial charge in [-0.15, -0.1) is 0 Å². The van der Waals surface area contributed by atoms with Gasteiger partial charge in [0.25, 0.3) is 17.0 Å². The third-order valence-electron chi connectivity index (χ3n) is 6.11. The van der Waals surface area contributed by atoms with Crippen molar-refractivity contribution >= 4 is 23.0 Å². The number of hydrogen-bond acceptors (Lipinski definition) is 7. The zero-order chi connectivity index (χ0) is 27.2. The van der Waals surface area contributed by atoms with Crippen LogP contribution in [0, 0.1) is 18.3 Å². The summed E-state index contributed by atoms with van der Waals surface area (Å²) in [6.07, 6.45) is 4.35. The number of fused-ring (bicyclic) bond motifs is 1. The van der Waals surface area contributed by atoms with Crippen molar-refractivity contribution in [1.29, 1.82) is 5.26 Å². The molecule has 192 valence electrons. The number of nitrogens with one attached hydrogen (secondary N) is 2. The number of hydrogen-bond donors (Lipinski definition) is 2. The summed E-state index contributed by atoms with van der Waals surface area (Å²) in [5.74, 6) is -0.167. The Bertz CT molecular complexity index is 1690. The highest BCUT2D eigenvalue weighted by atomic mass is 16.5. The largest absolute Gasteiger partial charge is 0.497 e. The van der Waals surface area contributed by atoms with Crippen LogP contribution in [-0.4, -0.2) is 34.0 Å². The Morgan fingerprint density at radius 2 is 1.97 bits per heavy atom. The van der Waals surface area contributed by atoms with Crippen molar-refractivity contribution < 1.29 is 9.53 Å². The highest BCUT2D eigenvalue weighted by Crippen LogP contribution is 2.16. The van der Waals surface area contributed by atoms with E-state index in [4.69, 9.17) is 4.74 Å². The van der Waals surface area contributed by atoms with Gasteiger partial charge in [-0.1, -0.05) is 19.4 Å². The third kappa shape index (κ3) is 5.37. The molecule has 0 saturated heterocycles. The van der Waals surface area contributed by atoms with Crippen molar-refractivity contribution in [2.24, 2.45) is 5.10 Å². The summed E-state index contributed by atoms with van der Waals surface area (Å²) in [4.78, 5) is 41.1. The molecular weight excluding hydrogens is 484 g/mol. The smallest absolute Gasteiger partial charge is 0.292 e. The van der Waals surface area contributed by atoms with Gasteiger partial charge in [0.1, 0.15) is 17.4 Å². The fourth-order valence-corrected chi connectivity index (χ4v) is 3.97. The minimum absolute atomic E-state index is 0.123. The SMILES string of the molecule is CCCCc1ccc2[nH]c(=O)c(/C=N/NC(=O)c3nn(-c4ccc(OC)cc4)c(=O)c(C#N)c3C)cc2c1. The molecule has 0 saturated carbocycles. The average molecular weight is 511 g/mol. The molecule has 10 heteroatoms. The van der Waals surface area contributed by atoms with Gasteiger partial charge in [-0.05, 0) is 73.2 Å². The van der Waals surface area contributed by atoms with Crippen LogP contribution in [0.1, 0.15) is 52.5 Å². The van der Waals surface area contributed by atoms with E-state index >= 15 is 0 Å². The molecule has 0 aliphatic carbocycles. The van der Waals surface area contributed by atoms with Crippen LogP contribution in [-0.2, 0) is 6.42 Å². The van der Waals surface area contributed by atoms with Crippen molar-refractivity contribution in [3.63, 3.8) is 0 Å². The number of benzene rings is 2. The molecule has 2 heterocycles. The number of nitriles is 1. The summed E-state index contributed by atoms with van der Waals surface area (Å²) in [5.41, 5.74) is 3.58. The predicted molar refractivity (Wildman–Crippen MR) is 144 cm³/mol. The Morgan fingerprint density at radius 3 is 2.66 bits per heavy atom. The molecule has 0 aliphatic heterocycles. The van der Waals surface area contributed by atoms with Crippen LogP contribution in [0.2, 0.25) is 0 Å². The van der Waals surface area contributed by atoms with E-state index in [-0.39, 0.29) is 27.9 Å². The molecule has 2 aromatic heterocycles. The molecule has 4 rings (SSSR count). The normalized spacial score (nSPS) is 11.0. The Labute approximate surface area is 218 Å². The number of carbonyl (C=O) groups is 1. The summed E-state index contributed by atoms with van der Waals surface area (Å²) in [5, 5.41) is 18.5. The van der Waals surface area contributed by atoms with Crippen molar-refractivity contribution in [3.05, 3.63) is 97.2 Å². The molecule has 10 nitrogen and oxygen atoms in total. The van der Waals surface area contributed by atoms with E-state index in [9.17, 15) is 19.6 Å². The van der Waals surface area contributed by atoms with Crippen molar-refractivity contribution in [1.82, 2.24) is 20.2 Å². The summed E-state index contributed by atoms with van der Waals surface area (Å²) >= 11 is 0. The molecule has 2 aromatic carbocycles. The summed E-state index contributed by atoms with van der Waals surface area (Å²) in [6, 6.07) is 15.9. The van der Waals surface area contributed by atoms with Crippen LogP contribution in [0.15, 0.2) is 63.2 Å². The van der Waals surface area contributed by atoms with Crippen LogP contribution in [0.4, 0.5) is 0 Å². The number of hydrazone groups is 1. The highest BCUT2D eigenvalue weighted by molar-refractivity contribution is 5.95. The fourth-order valence-electron chi connectivity index (χ4n) is 3.97. The first-order valence-electron chi connectivity index (χ1n) is 12.0. The molecule has 0 fully saturated rings. The second kappa shape index (κ2) is 11.3. The molecule has 38 heavy (non-hydrogen) atoms. The zero-order valence-electron chi connectivity index (χ0n) is 21.2. The lowest BCUT2D eigenvalue weighted by Crippen LogP contribution is -2.31. The Kier molecular flexibility index (Phi) is 7.77. The van der Waals surface area contributed by atoms with Crippen LogP contribution in [0.5, 0.6) is 5.75 Å². The number of unbranched alkanes of at least 4 members (excludes halogenated alkanes) is 1. The first-order valence-corrected chi connectivity index (χ1v) is 12.0. The van der Waals surface area contributed by atoms with E-state index in [2.05, 4.69) is 27.5 Å². The molecule has 0 spiro atoms. The standard InChI is InChI=1S/C28H26N6O4/c1-4-5-6-18-7-12-24-19(13-18)14-20(26(35)31-24)16-30-32-27(36)25-17(2)23(15-29)28(37)34(33-25)21-8-10-22(38-3)11-9-21/h7-14,16H,4-6H2,1-3H3,(H,31,35)(H,32,36)/b30-16+. The van der Waals surface area contributed by atoms with Gasteiger partial charge in [-0.2, -0.15) is 20.1 Å². The van der Waals surface area contributed by atoms with E-state index in [1.165, 1.54) is 25.8 Å². The number of methoxy groups -OCH3 is 1. The number of amides is 1. The van der Waals surface area contributed by atoms with Gasteiger partial charge >= 0.3 is 0 Å².